The van der Waals surface area contributed by atoms with Crippen LogP contribution in [-0.4, -0.2) is 29.5 Å². The zero-order valence-corrected chi connectivity index (χ0v) is 16.8. The SMILES string of the molecule is COc1ccccc1C(O)(c1ccc(CO)cc1CO)c1ccc(C)cc1OC. The molecule has 29 heavy (non-hydrogen) atoms. The van der Waals surface area contributed by atoms with E-state index in [2.05, 4.69) is 0 Å². The van der Waals surface area contributed by atoms with Crippen molar-refractivity contribution in [3.05, 3.63) is 94.0 Å². The van der Waals surface area contributed by atoms with Crippen LogP contribution < -0.4 is 9.47 Å². The van der Waals surface area contributed by atoms with Gasteiger partial charge in [0.2, 0.25) is 0 Å². The largest absolute Gasteiger partial charge is 0.496 e. The van der Waals surface area contributed by atoms with Gasteiger partial charge in [0.1, 0.15) is 17.1 Å². The lowest BCUT2D eigenvalue weighted by molar-refractivity contribution is 0.115. The average Bonchev–Trinajstić information content (AvgIpc) is 2.77. The minimum Gasteiger partial charge on any atom is -0.496 e. The number of ether oxygens (including phenoxy) is 2. The van der Waals surface area contributed by atoms with Crippen molar-refractivity contribution < 1.29 is 24.8 Å². The van der Waals surface area contributed by atoms with Crippen LogP contribution >= 0.6 is 0 Å². The molecule has 5 heteroatoms. The molecule has 3 aromatic carbocycles. The molecule has 0 aromatic heterocycles. The fourth-order valence-corrected chi connectivity index (χ4v) is 3.71. The first-order chi connectivity index (χ1) is 14.0. The molecule has 0 saturated carbocycles. The molecule has 0 aliphatic heterocycles. The number of hydrogen-bond acceptors (Lipinski definition) is 5. The van der Waals surface area contributed by atoms with Crippen molar-refractivity contribution in [1.82, 2.24) is 0 Å². The van der Waals surface area contributed by atoms with Crippen molar-refractivity contribution >= 4 is 0 Å². The summed E-state index contributed by atoms with van der Waals surface area (Å²) < 4.78 is 11.2. The van der Waals surface area contributed by atoms with Gasteiger partial charge in [0.15, 0.2) is 0 Å². The molecule has 152 valence electrons. The summed E-state index contributed by atoms with van der Waals surface area (Å²) in [6.07, 6.45) is 0. The third-order valence-corrected chi connectivity index (χ3v) is 5.16. The summed E-state index contributed by atoms with van der Waals surface area (Å²) in [5.74, 6) is 1.03. The lowest BCUT2D eigenvalue weighted by Crippen LogP contribution is -2.31. The van der Waals surface area contributed by atoms with E-state index in [-0.39, 0.29) is 13.2 Å². The van der Waals surface area contributed by atoms with E-state index in [9.17, 15) is 15.3 Å². The van der Waals surface area contributed by atoms with Gasteiger partial charge in [0.25, 0.3) is 0 Å². The van der Waals surface area contributed by atoms with E-state index in [0.717, 1.165) is 5.56 Å². The Balaban J connectivity index is 2.41. The Morgan fingerprint density at radius 3 is 2.07 bits per heavy atom. The van der Waals surface area contributed by atoms with E-state index >= 15 is 0 Å². The van der Waals surface area contributed by atoms with Crippen LogP contribution in [0.1, 0.15) is 33.4 Å². The molecule has 0 spiro atoms. The van der Waals surface area contributed by atoms with E-state index in [0.29, 0.717) is 39.3 Å². The minimum absolute atomic E-state index is 0.159. The first-order valence-corrected chi connectivity index (χ1v) is 9.34. The van der Waals surface area contributed by atoms with Crippen LogP contribution in [0.2, 0.25) is 0 Å². The summed E-state index contributed by atoms with van der Waals surface area (Å²) in [5, 5.41) is 31.8. The minimum atomic E-state index is -1.66. The highest BCUT2D eigenvalue weighted by molar-refractivity contribution is 5.58. The fourth-order valence-electron chi connectivity index (χ4n) is 3.71. The number of hydrogen-bond donors (Lipinski definition) is 3. The van der Waals surface area contributed by atoms with Crippen molar-refractivity contribution in [3.63, 3.8) is 0 Å². The Morgan fingerprint density at radius 2 is 1.41 bits per heavy atom. The van der Waals surface area contributed by atoms with E-state index < -0.39 is 5.60 Å². The zero-order chi connectivity index (χ0) is 21.0. The first kappa shape index (κ1) is 20.9. The molecule has 0 amide bonds. The summed E-state index contributed by atoms with van der Waals surface area (Å²) >= 11 is 0. The number of methoxy groups -OCH3 is 2. The molecule has 0 aliphatic rings. The molecule has 0 aliphatic carbocycles. The van der Waals surface area contributed by atoms with Gasteiger partial charge >= 0.3 is 0 Å². The molecular weight excluding hydrogens is 368 g/mol. The van der Waals surface area contributed by atoms with E-state index in [4.69, 9.17) is 9.47 Å². The number of para-hydroxylation sites is 1. The normalized spacial score (nSPS) is 13.0. The van der Waals surface area contributed by atoms with Gasteiger partial charge in [-0.15, -0.1) is 0 Å². The van der Waals surface area contributed by atoms with Crippen LogP contribution in [0.5, 0.6) is 11.5 Å². The van der Waals surface area contributed by atoms with Crippen LogP contribution in [0.15, 0.2) is 60.7 Å². The lowest BCUT2D eigenvalue weighted by Gasteiger charge is -2.34. The predicted molar refractivity (Wildman–Crippen MR) is 111 cm³/mol. The Kier molecular flexibility index (Phi) is 6.23. The van der Waals surface area contributed by atoms with Gasteiger partial charge in [-0.1, -0.05) is 48.5 Å². The van der Waals surface area contributed by atoms with Crippen molar-refractivity contribution in [1.29, 1.82) is 0 Å². The van der Waals surface area contributed by atoms with E-state index in [1.54, 1.807) is 44.6 Å². The molecule has 0 radical (unpaired) electrons. The molecule has 0 saturated heterocycles. The van der Waals surface area contributed by atoms with Gasteiger partial charge in [-0.3, -0.25) is 0 Å². The monoisotopic (exact) mass is 394 g/mol. The molecule has 0 fully saturated rings. The second kappa shape index (κ2) is 8.66. The van der Waals surface area contributed by atoms with Crippen LogP contribution in [0.4, 0.5) is 0 Å². The van der Waals surface area contributed by atoms with Gasteiger partial charge in [-0.2, -0.15) is 0 Å². The Morgan fingerprint density at radius 1 is 0.759 bits per heavy atom. The lowest BCUT2D eigenvalue weighted by atomic mass is 9.77. The number of aliphatic hydroxyl groups excluding tert-OH is 2. The standard InChI is InChI=1S/C24H26O5/c1-16-8-10-21(23(12-16)29-3)24(27,20-6-4-5-7-22(20)28-2)19-11-9-17(14-25)13-18(19)15-26/h4-13,25-27H,14-15H2,1-3H3. The molecule has 3 rings (SSSR count). The summed E-state index contributed by atoms with van der Waals surface area (Å²) in [6.45, 7) is 1.49. The molecule has 1 unspecified atom stereocenters. The van der Waals surface area contributed by atoms with Crippen molar-refractivity contribution in [2.45, 2.75) is 25.7 Å². The maximum Gasteiger partial charge on any atom is 0.148 e. The molecule has 1 atom stereocenters. The van der Waals surface area contributed by atoms with Crippen LogP contribution in [0.25, 0.3) is 0 Å². The molecule has 5 nitrogen and oxygen atoms in total. The second-order valence-corrected chi connectivity index (χ2v) is 6.92. The Labute approximate surface area is 170 Å². The first-order valence-electron chi connectivity index (χ1n) is 9.34. The summed E-state index contributed by atoms with van der Waals surface area (Å²) in [7, 11) is 3.11. The van der Waals surface area contributed by atoms with Crippen molar-refractivity contribution in [3.8, 4) is 11.5 Å². The zero-order valence-electron chi connectivity index (χ0n) is 16.8. The number of benzene rings is 3. The van der Waals surface area contributed by atoms with Crippen LogP contribution in [-0.2, 0) is 18.8 Å². The van der Waals surface area contributed by atoms with Crippen LogP contribution in [0, 0.1) is 6.92 Å². The highest BCUT2D eigenvalue weighted by Gasteiger charge is 2.40. The molecule has 0 bridgehead atoms. The number of aliphatic hydroxyl groups is 3. The predicted octanol–water partition coefficient (Wildman–Crippen LogP) is 3.28. The highest BCUT2D eigenvalue weighted by Crippen LogP contribution is 2.46. The third-order valence-electron chi connectivity index (χ3n) is 5.16. The maximum absolute atomic E-state index is 12.3. The molecular formula is C24H26O5. The van der Waals surface area contributed by atoms with E-state index in [1.807, 2.05) is 37.3 Å². The summed E-state index contributed by atoms with van der Waals surface area (Å²) in [4.78, 5) is 0. The number of rotatable bonds is 7. The van der Waals surface area contributed by atoms with Gasteiger partial charge < -0.3 is 24.8 Å². The van der Waals surface area contributed by atoms with Crippen molar-refractivity contribution in [2.75, 3.05) is 14.2 Å². The quantitative estimate of drug-likeness (QED) is 0.536. The maximum atomic E-state index is 12.3. The second-order valence-electron chi connectivity index (χ2n) is 6.92. The molecule has 3 N–H and O–H groups in total. The van der Waals surface area contributed by atoms with Crippen molar-refractivity contribution in [2.24, 2.45) is 0 Å². The van der Waals surface area contributed by atoms with Gasteiger partial charge in [0, 0.05) is 11.1 Å². The Bertz CT molecular complexity index is 998. The summed E-state index contributed by atoms with van der Waals surface area (Å²) in [6, 6.07) is 18.0. The molecule has 0 heterocycles. The van der Waals surface area contributed by atoms with Gasteiger partial charge in [0.05, 0.1) is 27.4 Å². The molecule has 3 aromatic rings. The number of aryl methyl sites for hydroxylation is 1. The summed E-state index contributed by atoms with van der Waals surface area (Å²) in [5.41, 5.74) is 2.04. The smallest absolute Gasteiger partial charge is 0.148 e. The van der Waals surface area contributed by atoms with Gasteiger partial charge in [-0.25, -0.2) is 0 Å². The van der Waals surface area contributed by atoms with E-state index in [1.165, 1.54) is 0 Å². The fraction of sp³-hybridized carbons (Fsp3) is 0.250. The topological polar surface area (TPSA) is 79.2 Å². The van der Waals surface area contributed by atoms with Crippen LogP contribution in [0.3, 0.4) is 0 Å². The average molecular weight is 394 g/mol. The third kappa shape index (κ3) is 3.72. The highest BCUT2D eigenvalue weighted by atomic mass is 16.5. The van der Waals surface area contributed by atoms with Gasteiger partial charge in [-0.05, 0) is 41.3 Å². The Hall–Kier alpha value is -2.86.